The fraction of sp³-hybridized carbons (Fsp3) is 0.429. The standard InChI is InChI=1S/C28H30F3N5O3S/c1-18(37)34-10-8-20(9-11-34)19-4-6-23(7-5-19)36(28(38)35-12-14-40-15-13-35)17-22-3-2-21(16-24(22)29)26-32-33-27(39-26)25(30)31/h2-7,16,20,25H,8-15,17H2,1H3. The van der Waals surface area contributed by atoms with Crippen molar-refractivity contribution in [3.8, 4) is 11.5 Å². The van der Waals surface area contributed by atoms with Crippen LogP contribution >= 0.6 is 11.8 Å². The smallest absolute Gasteiger partial charge is 0.324 e. The highest BCUT2D eigenvalue weighted by atomic mass is 32.2. The van der Waals surface area contributed by atoms with Crippen LogP contribution in [0.25, 0.3) is 11.5 Å². The third-order valence-corrected chi connectivity index (χ3v) is 8.33. The Morgan fingerprint density at radius 1 is 1.02 bits per heavy atom. The average Bonchev–Trinajstić information content (AvgIpc) is 3.48. The van der Waals surface area contributed by atoms with Gasteiger partial charge in [0, 0.05) is 61.4 Å². The molecule has 2 aliphatic rings. The number of alkyl halides is 2. The topological polar surface area (TPSA) is 82.8 Å². The van der Waals surface area contributed by atoms with E-state index >= 15 is 4.39 Å². The number of aromatic nitrogens is 2. The minimum Gasteiger partial charge on any atom is -0.415 e. The Bertz CT molecular complexity index is 1340. The number of piperidine rings is 1. The normalized spacial score (nSPS) is 16.4. The summed E-state index contributed by atoms with van der Waals surface area (Å²) >= 11 is 1.79. The molecule has 2 fully saturated rings. The molecule has 0 saturated carbocycles. The molecule has 0 bridgehead atoms. The molecule has 0 unspecified atom stereocenters. The zero-order valence-corrected chi connectivity index (χ0v) is 22.9. The molecule has 2 aliphatic heterocycles. The maximum Gasteiger partial charge on any atom is 0.324 e. The molecule has 0 N–H and O–H groups in total. The van der Waals surface area contributed by atoms with Crippen molar-refractivity contribution < 1.29 is 27.2 Å². The van der Waals surface area contributed by atoms with Crippen LogP contribution in [-0.4, -0.2) is 69.6 Å². The largest absolute Gasteiger partial charge is 0.415 e. The summed E-state index contributed by atoms with van der Waals surface area (Å²) in [7, 11) is 0. The lowest BCUT2D eigenvalue weighted by molar-refractivity contribution is -0.129. The van der Waals surface area contributed by atoms with Gasteiger partial charge in [-0.3, -0.25) is 9.69 Å². The molecule has 1 aromatic heterocycles. The monoisotopic (exact) mass is 573 g/mol. The fourth-order valence-electron chi connectivity index (χ4n) is 5.07. The van der Waals surface area contributed by atoms with Crippen LogP contribution < -0.4 is 4.90 Å². The van der Waals surface area contributed by atoms with Crippen LogP contribution in [0.1, 0.15) is 49.1 Å². The summed E-state index contributed by atoms with van der Waals surface area (Å²) in [4.78, 5) is 30.5. The summed E-state index contributed by atoms with van der Waals surface area (Å²) < 4.78 is 45.8. The van der Waals surface area contributed by atoms with Crippen molar-refractivity contribution >= 4 is 29.4 Å². The molecular formula is C28H30F3N5O3S. The number of benzene rings is 2. The van der Waals surface area contributed by atoms with Crippen molar-refractivity contribution in [1.29, 1.82) is 0 Å². The average molecular weight is 574 g/mol. The van der Waals surface area contributed by atoms with Crippen molar-refractivity contribution in [3.05, 3.63) is 65.3 Å². The Hall–Kier alpha value is -3.54. The van der Waals surface area contributed by atoms with E-state index in [-0.39, 0.29) is 35.5 Å². The molecule has 0 radical (unpaired) electrons. The van der Waals surface area contributed by atoms with Gasteiger partial charge in [-0.05, 0) is 48.6 Å². The van der Waals surface area contributed by atoms with Gasteiger partial charge in [-0.25, -0.2) is 9.18 Å². The summed E-state index contributed by atoms with van der Waals surface area (Å²) in [6.07, 6.45) is -1.16. The summed E-state index contributed by atoms with van der Waals surface area (Å²) in [5.74, 6) is 0.446. The molecule has 2 saturated heterocycles. The number of likely N-dealkylation sites (tertiary alicyclic amines) is 1. The van der Waals surface area contributed by atoms with Gasteiger partial charge in [0.2, 0.25) is 11.8 Å². The molecule has 3 amide bonds. The Labute approximate surface area is 234 Å². The number of urea groups is 1. The minimum atomic E-state index is -2.92. The lowest BCUT2D eigenvalue weighted by Crippen LogP contribution is -2.46. The number of halogens is 3. The van der Waals surface area contributed by atoms with Crippen LogP contribution in [-0.2, 0) is 11.3 Å². The molecular weight excluding hydrogens is 543 g/mol. The number of nitrogens with zero attached hydrogens (tertiary/aromatic N) is 5. The van der Waals surface area contributed by atoms with Crippen LogP contribution in [0.2, 0.25) is 0 Å². The van der Waals surface area contributed by atoms with E-state index < -0.39 is 18.1 Å². The van der Waals surface area contributed by atoms with Crippen molar-refractivity contribution in [1.82, 2.24) is 20.0 Å². The van der Waals surface area contributed by atoms with E-state index in [1.54, 1.807) is 28.5 Å². The van der Waals surface area contributed by atoms with Crippen molar-refractivity contribution in [2.75, 3.05) is 42.6 Å². The number of carbonyl (C=O) groups excluding carboxylic acids is 2. The van der Waals surface area contributed by atoms with Crippen LogP contribution in [0.3, 0.4) is 0 Å². The number of thioether (sulfide) groups is 1. The third-order valence-electron chi connectivity index (χ3n) is 7.38. The molecule has 5 rings (SSSR count). The molecule has 0 spiro atoms. The quantitative estimate of drug-likeness (QED) is 0.376. The van der Waals surface area contributed by atoms with E-state index in [1.807, 2.05) is 29.2 Å². The lowest BCUT2D eigenvalue weighted by Gasteiger charge is -2.34. The highest BCUT2D eigenvalue weighted by Gasteiger charge is 2.27. The van der Waals surface area contributed by atoms with E-state index in [4.69, 9.17) is 4.42 Å². The summed E-state index contributed by atoms with van der Waals surface area (Å²) in [6.45, 7) is 4.24. The maximum atomic E-state index is 15.3. The Morgan fingerprint density at radius 2 is 1.73 bits per heavy atom. The molecule has 2 aromatic carbocycles. The van der Waals surface area contributed by atoms with E-state index in [0.29, 0.717) is 24.7 Å². The summed E-state index contributed by atoms with van der Waals surface area (Å²) in [5.41, 5.74) is 2.23. The van der Waals surface area contributed by atoms with Crippen molar-refractivity contribution in [3.63, 3.8) is 0 Å². The molecule has 8 nitrogen and oxygen atoms in total. The van der Waals surface area contributed by atoms with Gasteiger partial charge in [-0.15, -0.1) is 10.2 Å². The minimum absolute atomic E-state index is 0.0168. The Balaban J connectivity index is 1.37. The first-order valence-corrected chi connectivity index (χ1v) is 14.4. The first kappa shape index (κ1) is 28.0. The molecule has 0 aliphatic carbocycles. The number of hydrogen-bond acceptors (Lipinski definition) is 6. The van der Waals surface area contributed by atoms with Gasteiger partial charge in [0.05, 0.1) is 6.54 Å². The number of rotatable bonds is 6. The maximum absolute atomic E-state index is 15.3. The van der Waals surface area contributed by atoms with Gasteiger partial charge in [-0.2, -0.15) is 20.5 Å². The van der Waals surface area contributed by atoms with Crippen LogP contribution in [0.4, 0.5) is 23.7 Å². The zero-order chi connectivity index (χ0) is 28.2. The van der Waals surface area contributed by atoms with E-state index in [2.05, 4.69) is 10.2 Å². The second kappa shape index (κ2) is 12.3. The molecule has 0 atom stereocenters. The Kier molecular flexibility index (Phi) is 8.63. The van der Waals surface area contributed by atoms with Crippen LogP contribution in [0.15, 0.2) is 46.9 Å². The van der Waals surface area contributed by atoms with E-state index in [1.165, 1.54) is 12.1 Å². The lowest BCUT2D eigenvalue weighted by atomic mass is 9.89. The van der Waals surface area contributed by atoms with Crippen LogP contribution in [0, 0.1) is 5.82 Å². The molecule has 212 valence electrons. The predicted octanol–water partition coefficient (Wildman–Crippen LogP) is 5.71. The highest BCUT2D eigenvalue weighted by Crippen LogP contribution is 2.31. The number of anilines is 1. The zero-order valence-electron chi connectivity index (χ0n) is 22.1. The molecule has 3 heterocycles. The van der Waals surface area contributed by atoms with Crippen LogP contribution in [0.5, 0.6) is 0 Å². The van der Waals surface area contributed by atoms with Crippen molar-refractivity contribution in [2.45, 2.75) is 38.7 Å². The van der Waals surface area contributed by atoms with Gasteiger partial charge in [0.25, 0.3) is 5.89 Å². The van der Waals surface area contributed by atoms with Gasteiger partial charge >= 0.3 is 12.5 Å². The van der Waals surface area contributed by atoms with E-state index in [9.17, 15) is 18.4 Å². The Morgan fingerprint density at radius 3 is 2.33 bits per heavy atom. The predicted molar refractivity (Wildman–Crippen MR) is 146 cm³/mol. The van der Waals surface area contributed by atoms with E-state index in [0.717, 1.165) is 49.1 Å². The number of amides is 3. The number of carbonyl (C=O) groups is 2. The molecule has 12 heteroatoms. The number of hydrogen-bond donors (Lipinski definition) is 0. The van der Waals surface area contributed by atoms with Gasteiger partial charge in [0.15, 0.2) is 0 Å². The van der Waals surface area contributed by atoms with Gasteiger partial charge in [0.1, 0.15) is 5.82 Å². The first-order chi connectivity index (χ1) is 19.3. The fourth-order valence-corrected chi connectivity index (χ4v) is 5.97. The summed E-state index contributed by atoms with van der Waals surface area (Å²) in [6, 6.07) is 11.7. The molecule has 40 heavy (non-hydrogen) atoms. The second-order valence-electron chi connectivity index (χ2n) is 9.89. The van der Waals surface area contributed by atoms with Crippen molar-refractivity contribution in [2.24, 2.45) is 0 Å². The third kappa shape index (κ3) is 6.27. The second-order valence-corrected chi connectivity index (χ2v) is 11.1. The van der Waals surface area contributed by atoms with Gasteiger partial charge in [-0.1, -0.05) is 18.2 Å². The summed E-state index contributed by atoms with van der Waals surface area (Å²) in [5, 5.41) is 6.87. The molecule has 3 aromatic rings. The highest BCUT2D eigenvalue weighted by molar-refractivity contribution is 7.99. The van der Waals surface area contributed by atoms with Gasteiger partial charge < -0.3 is 14.2 Å². The SMILES string of the molecule is CC(=O)N1CCC(c2ccc(N(Cc3ccc(-c4nnc(C(F)F)o4)cc3F)C(=O)N3CCSCC3)cc2)CC1. The first-order valence-electron chi connectivity index (χ1n) is 13.2.